The van der Waals surface area contributed by atoms with Crippen LogP contribution in [-0.4, -0.2) is 43.3 Å². The van der Waals surface area contributed by atoms with Crippen LogP contribution in [-0.2, 0) is 20.9 Å². The second-order valence-corrected chi connectivity index (χ2v) is 4.73. The molecule has 0 fully saturated rings. The van der Waals surface area contributed by atoms with Crippen molar-refractivity contribution in [3.05, 3.63) is 22.1 Å². The summed E-state index contributed by atoms with van der Waals surface area (Å²) in [5.41, 5.74) is 1.55. The van der Waals surface area contributed by atoms with E-state index in [1.165, 1.54) is 4.57 Å². The minimum Gasteiger partial charge on any atom is -0.456 e. The molecule has 0 spiro atoms. The summed E-state index contributed by atoms with van der Waals surface area (Å²) in [6.45, 7) is 1.29. The van der Waals surface area contributed by atoms with E-state index >= 15 is 0 Å². The van der Waals surface area contributed by atoms with Crippen LogP contribution in [0.2, 0.25) is 0 Å². The zero-order valence-corrected chi connectivity index (χ0v) is 13.0. The molecule has 0 aliphatic heterocycles. The van der Waals surface area contributed by atoms with Crippen LogP contribution in [0.4, 0.5) is 5.82 Å². The van der Waals surface area contributed by atoms with Crippen molar-refractivity contribution < 1.29 is 24.5 Å². The number of nitro groups is 1. The number of hydroxylamine groups is 1. The molecule has 1 amide bonds. The highest BCUT2D eigenvalue weighted by Crippen LogP contribution is 2.14. The largest absolute Gasteiger partial charge is 0.456 e. The lowest BCUT2D eigenvalue weighted by atomic mass is 10.3. The monoisotopic (exact) mass is 345 g/mol. The Hall–Kier alpha value is -2.60. The second kappa shape index (κ2) is 8.75. The number of rotatable bonds is 7. The first kappa shape index (κ1) is 18.4. The number of imidazole rings is 1. The molecular formula is C11H15N5O6S. The van der Waals surface area contributed by atoms with Crippen LogP contribution in [0.25, 0.3) is 0 Å². The predicted octanol–water partition coefficient (Wildman–Crippen LogP) is -0.197. The first-order chi connectivity index (χ1) is 10.8. The highest BCUT2D eigenvalue weighted by molar-refractivity contribution is 7.80. The van der Waals surface area contributed by atoms with Crippen molar-refractivity contribution in [1.82, 2.24) is 20.3 Å². The summed E-state index contributed by atoms with van der Waals surface area (Å²) in [6.07, 6.45) is 1.41. The van der Waals surface area contributed by atoms with Crippen molar-refractivity contribution in [2.75, 3.05) is 6.61 Å². The molecule has 0 aliphatic rings. The minimum atomic E-state index is -0.703. The fraction of sp³-hybridized carbons (Fsp3) is 0.455. The van der Waals surface area contributed by atoms with E-state index in [4.69, 9.17) is 9.94 Å². The number of hydrogen-bond donors (Lipinski definition) is 3. The van der Waals surface area contributed by atoms with Crippen LogP contribution in [0.3, 0.4) is 0 Å². The highest BCUT2D eigenvalue weighted by Gasteiger charge is 2.17. The molecule has 126 valence electrons. The standard InChI is InChI=1S/C11H15N5O6S/c1-7-12-5-9(16(20)21)15(7)4-2-3-10(18)22-6-8(17)13-11(23)14-19/h5,19H,2-4,6H2,1H3,(H2,13,14,17,23). The van der Waals surface area contributed by atoms with Crippen molar-refractivity contribution >= 4 is 35.0 Å². The summed E-state index contributed by atoms with van der Waals surface area (Å²) in [5.74, 6) is -1.02. The summed E-state index contributed by atoms with van der Waals surface area (Å²) in [7, 11) is 0. The molecule has 12 heteroatoms. The van der Waals surface area contributed by atoms with Crippen LogP contribution >= 0.6 is 12.2 Å². The lowest BCUT2D eigenvalue weighted by Crippen LogP contribution is -2.39. The van der Waals surface area contributed by atoms with Gasteiger partial charge in [0.25, 0.3) is 5.91 Å². The summed E-state index contributed by atoms with van der Waals surface area (Å²) in [6, 6.07) is 0. The zero-order valence-electron chi connectivity index (χ0n) is 12.1. The molecular weight excluding hydrogens is 330 g/mol. The Labute approximate surface area is 135 Å². The van der Waals surface area contributed by atoms with E-state index in [1.54, 1.807) is 12.4 Å². The van der Waals surface area contributed by atoms with Gasteiger partial charge >= 0.3 is 11.8 Å². The highest BCUT2D eigenvalue weighted by atomic mass is 32.1. The molecule has 3 N–H and O–H groups in total. The number of carbonyl (C=O) groups excluding carboxylic acids is 2. The van der Waals surface area contributed by atoms with Crippen molar-refractivity contribution in [2.24, 2.45) is 0 Å². The van der Waals surface area contributed by atoms with E-state index in [0.29, 0.717) is 5.82 Å². The Morgan fingerprint density at radius 1 is 1.57 bits per heavy atom. The molecule has 0 aromatic carbocycles. The molecule has 23 heavy (non-hydrogen) atoms. The average Bonchev–Trinajstić information content (AvgIpc) is 2.86. The third kappa shape index (κ3) is 5.96. The maximum absolute atomic E-state index is 11.5. The molecule has 0 saturated heterocycles. The zero-order chi connectivity index (χ0) is 17.4. The van der Waals surface area contributed by atoms with Gasteiger partial charge in [0.2, 0.25) is 0 Å². The molecule has 1 heterocycles. The molecule has 0 bridgehead atoms. The molecule has 0 saturated carbocycles. The molecule has 0 atom stereocenters. The number of ether oxygens (including phenoxy) is 1. The van der Waals surface area contributed by atoms with Gasteiger partial charge in [0, 0.05) is 13.3 Å². The molecule has 0 aliphatic carbocycles. The summed E-state index contributed by atoms with van der Waals surface area (Å²) >= 11 is 4.48. The van der Waals surface area contributed by atoms with Gasteiger partial charge in [0.05, 0.1) is 6.54 Å². The van der Waals surface area contributed by atoms with E-state index < -0.39 is 23.4 Å². The van der Waals surface area contributed by atoms with Gasteiger partial charge in [-0.15, -0.1) is 0 Å². The number of thiocarbonyl (C=S) groups is 1. The van der Waals surface area contributed by atoms with Gasteiger partial charge in [0.15, 0.2) is 17.5 Å². The lowest BCUT2D eigenvalue weighted by molar-refractivity contribution is -0.392. The normalized spacial score (nSPS) is 10.0. The quantitative estimate of drug-likeness (QED) is 0.264. The summed E-state index contributed by atoms with van der Waals surface area (Å²) < 4.78 is 6.08. The van der Waals surface area contributed by atoms with Gasteiger partial charge in [-0.05, 0) is 23.6 Å². The number of nitrogens with zero attached hydrogens (tertiary/aromatic N) is 3. The van der Waals surface area contributed by atoms with Gasteiger partial charge in [-0.1, -0.05) is 0 Å². The topological polar surface area (TPSA) is 149 Å². The second-order valence-electron chi connectivity index (χ2n) is 4.33. The van der Waals surface area contributed by atoms with E-state index in [0.717, 1.165) is 6.20 Å². The van der Waals surface area contributed by atoms with Crippen LogP contribution < -0.4 is 10.8 Å². The van der Waals surface area contributed by atoms with Gasteiger partial charge < -0.3 is 14.9 Å². The van der Waals surface area contributed by atoms with E-state index in [2.05, 4.69) is 22.5 Å². The van der Waals surface area contributed by atoms with Crippen LogP contribution in [0, 0.1) is 17.0 Å². The minimum absolute atomic E-state index is 0.0231. The fourth-order valence-corrected chi connectivity index (χ4v) is 1.78. The molecule has 0 radical (unpaired) electrons. The fourth-order valence-electron chi connectivity index (χ4n) is 1.67. The Morgan fingerprint density at radius 3 is 2.87 bits per heavy atom. The maximum atomic E-state index is 11.5. The Balaban J connectivity index is 2.35. The average molecular weight is 345 g/mol. The number of carbonyl (C=O) groups is 2. The number of nitrogens with one attached hydrogen (secondary N) is 2. The van der Waals surface area contributed by atoms with Gasteiger partial charge in [-0.2, -0.15) is 0 Å². The van der Waals surface area contributed by atoms with E-state index in [1.807, 2.05) is 0 Å². The van der Waals surface area contributed by atoms with Crippen molar-refractivity contribution in [3.63, 3.8) is 0 Å². The molecule has 1 rings (SSSR count). The van der Waals surface area contributed by atoms with E-state index in [-0.39, 0.29) is 30.3 Å². The van der Waals surface area contributed by atoms with Gasteiger partial charge in [0.1, 0.15) is 6.20 Å². The number of aromatic nitrogens is 2. The maximum Gasteiger partial charge on any atom is 0.342 e. The first-order valence-electron chi connectivity index (χ1n) is 6.41. The Bertz CT molecular complexity index is 616. The number of esters is 1. The van der Waals surface area contributed by atoms with Gasteiger partial charge in [-0.25, -0.2) is 15.0 Å². The molecule has 0 unspecified atom stereocenters. The molecule has 1 aromatic heterocycles. The Kier molecular flexibility index (Phi) is 7.02. The smallest absolute Gasteiger partial charge is 0.342 e. The van der Waals surface area contributed by atoms with Crippen molar-refractivity contribution in [1.29, 1.82) is 0 Å². The SMILES string of the molecule is Cc1ncc([N+](=O)[O-])n1CCCC(=O)OCC(=O)NC(=S)NO. The van der Waals surface area contributed by atoms with Crippen LogP contribution in [0.15, 0.2) is 6.20 Å². The van der Waals surface area contributed by atoms with Crippen molar-refractivity contribution in [3.8, 4) is 0 Å². The first-order valence-corrected chi connectivity index (χ1v) is 6.82. The molecule has 11 nitrogen and oxygen atoms in total. The predicted molar refractivity (Wildman–Crippen MR) is 79.5 cm³/mol. The number of amides is 1. The summed E-state index contributed by atoms with van der Waals surface area (Å²) in [4.78, 5) is 36.8. The third-order valence-electron chi connectivity index (χ3n) is 2.70. The lowest BCUT2D eigenvalue weighted by Gasteiger charge is -2.06. The van der Waals surface area contributed by atoms with Crippen LogP contribution in [0.1, 0.15) is 18.7 Å². The number of aryl methyl sites for hydroxylation is 1. The third-order valence-corrected chi connectivity index (χ3v) is 2.90. The van der Waals surface area contributed by atoms with Gasteiger partial charge in [-0.3, -0.25) is 20.1 Å². The van der Waals surface area contributed by atoms with E-state index in [9.17, 15) is 19.7 Å². The van der Waals surface area contributed by atoms with Crippen molar-refractivity contribution in [2.45, 2.75) is 26.3 Å². The molecule has 1 aromatic rings. The van der Waals surface area contributed by atoms with Crippen LogP contribution in [0.5, 0.6) is 0 Å². The summed E-state index contributed by atoms with van der Waals surface area (Å²) in [5, 5.41) is 20.9. The number of hydrogen-bond acceptors (Lipinski definition) is 8. The Morgan fingerprint density at radius 2 is 2.26 bits per heavy atom.